The number of carbonyl (C=O) groups is 1. The smallest absolute Gasteiger partial charge is 0.244 e. The molecule has 3 aromatic rings. The summed E-state index contributed by atoms with van der Waals surface area (Å²) in [6, 6.07) is 16.0. The summed E-state index contributed by atoms with van der Waals surface area (Å²) in [7, 11) is 0. The Balaban J connectivity index is 1.96. The van der Waals surface area contributed by atoms with E-state index >= 15 is 0 Å². The van der Waals surface area contributed by atoms with Crippen LogP contribution in [0.3, 0.4) is 0 Å². The largest absolute Gasteiger partial charge is 0.350 e. The molecule has 1 N–H and O–H groups in total. The van der Waals surface area contributed by atoms with Crippen LogP contribution in [-0.4, -0.2) is 21.7 Å². The van der Waals surface area contributed by atoms with Crippen molar-refractivity contribution in [3.05, 3.63) is 78.3 Å². The SMILES string of the molecule is CC[C@H](C)NC(=O)/C=C/c1cn(-c2ccccc2)nc1-c1ccc(F)cc1. The Kier molecular flexibility index (Phi) is 5.81. The van der Waals surface area contributed by atoms with Crippen LogP contribution in [0.5, 0.6) is 0 Å². The van der Waals surface area contributed by atoms with Gasteiger partial charge >= 0.3 is 0 Å². The third-order valence-electron chi connectivity index (χ3n) is 4.30. The fourth-order valence-corrected chi connectivity index (χ4v) is 2.61. The number of carbonyl (C=O) groups excluding carboxylic acids is 1. The minimum absolute atomic E-state index is 0.116. The molecule has 0 radical (unpaired) electrons. The summed E-state index contributed by atoms with van der Waals surface area (Å²) in [5.74, 6) is -0.451. The Morgan fingerprint density at radius 2 is 1.89 bits per heavy atom. The van der Waals surface area contributed by atoms with E-state index < -0.39 is 0 Å². The number of rotatable bonds is 6. The Labute approximate surface area is 158 Å². The minimum Gasteiger partial charge on any atom is -0.350 e. The zero-order valence-electron chi connectivity index (χ0n) is 15.4. The van der Waals surface area contributed by atoms with Crippen LogP contribution < -0.4 is 5.32 Å². The molecule has 0 aliphatic carbocycles. The van der Waals surface area contributed by atoms with Crippen molar-refractivity contribution >= 4 is 12.0 Å². The number of para-hydroxylation sites is 1. The molecule has 0 fully saturated rings. The van der Waals surface area contributed by atoms with Gasteiger partial charge in [0.2, 0.25) is 5.91 Å². The van der Waals surface area contributed by atoms with Gasteiger partial charge in [-0.3, -0.25) is 4.79 Å². The first-order valence-corrected chi connectivity index (χ1v) is 8.96. The molecule has 1 amide bonds. The van der Waals surface area contributed by atoms with Crippen molar-refractivity contribution in [3.8, 4) is 16.9 Å². The predicted octanol–water partition coefficient (Wildman–Crippen LogP) is 4.61. The van der Waals surface area contributed by atoms with E-state index in [1.165, 1.54) is 18.2 Å². The molecule has 0 saturated carbocycles. The second-order valence-electron chi connectivity index (χ2n) is 6.37. The van der Waals surface area contributed by atoms with E-state index in [1.54, 1.807) is 22.9 Å². The monoisotopic (exact) mass is 363 g/mol. The van der Waals surface area contributed by atoms with Crippen molar-refractivity contribution in [3.63, 3.8) is 0 Å². The summed E-state index contributed by atoms with van der Waals surface area (Å²) in [4.78, 5) is 12.1. The summed E-state index contributed by atoms with van der Waals surface area (Å²) >= 11 is 0. The van der Waals surface area contributed by atoms with E-state index in [2.05, 4.69) is 10.4 Å². The number of halogens is 1. The van der Waals surface area contributed by atoms with Crippen molar-refractivity contribution in [2.24, 2.45) is 0 Å². The van der Waals surface area contributed by atoms with Gasteiger partial charge in [-0.05, 0) is 55.8 Å². The Morgan fingerprint density at radius 1 is 1.19 bits per heavy atom. The lowest BCUT2D eigenvalue weighted by atomic mass is 10.1. The maximum atomic E-state index is 13.3. The highest BCUT2D eigenvalue weighted by Crippen LogP contribution is 2.25. The van der Waals surface area contributed by atoms with Gasteiger partial charge in [0.15, 0.2) is 0 Å². The zero-order chi connectivity index (χ0) is 19.2. The molecule has 0 aliphatic heterocycles. The number of hydrogen-bond acceptors (Lipinski definition) is 2. The standard InChI is InChI=1S/C22H22FN3O/c1-3-16(2)24-21(27)14-11-18-15-26(20-7-5-4-6-8-20)25-22(18)17-9-12-19(23)13-10-17/h4-16H,3H2,1-2H3,(H,24,27)/b14-11+/t16-/m0/s1. The number of nitrogens with one attached hydrogen (secondary N) is 1. The van der Waals surface area contributed by atoms with E-state index in [9.17, 15) is 9.18 Å². The fourth-order valence-electron chi connectivity index (χ4n) is 2.61. The quantitative estimate of drug-likeness (QED) is 0.650. The number of hydrogen-bond donors (Lipinski definition) is 1. The van der Waals surface area contributed by atoms with Crippen molar-refractivity contribution < 1.29 is 9.18 Å². The first kappa shape index (κ1) is 18.6. The summed E-state index contributed by atoms with van der Waals surface area (Å²) in [6.45, 7) is 3.98. The molecule has 3 rings (SSSR count). The van der Waals surface area contributed by atoms with Gasteiger partial charge in [0.05, 0.1) is 11.4 Å². The van der Waals surface area contributed by atoms with Crippen molar-refractivity contribution in [1.82, 2.24) is 15.1 Å². The van der Waals surface area contributed by atoms with E-state index in [1.807, 2.05) is 50.4 Å². The lowest BCUT2D eigenvalue weighted by molar-refractivity contribution is -0.117. The molecule has 1 heterocycles. The van der Waals surface area contributed by atoms with E-state index in [-0.39, 0.29) is 17.8 Å². The molecule has 4 nitrogen and oxygen atoms in total. The van der Waals surface area contributed by atoms with Crippen LogP contribution in [0.4, 0.5) is 4.39 Å². The lowest BCUT2D eigenvalue weighted by Crippen LogP contribution is -2.30. The van der Waals surface area contributed by atoms with Crippen molar-refractivity contribution in [1.29, 1.82) is 0 Å². The Bertz CT molecular complexity index is 930. The summed E-state index contributed by atoms with van der Waals surface area (Å²) in [5.41, 5.74) is 3.16. The number of aromatic nitrogens is 2. The van der Waals surface area contributed by atoms with E-state index in [4.69, 9.17) is 0 Å². The maximum absolute atomic E-state index is 13.3. The highest BCUT2D eigenvalue weighted by molar-refractivity contribution is 5.93. The fraction of sp³-hybridized carbons (Fsp3) is 0.182. The van der Waals surface area contributed by atoms with Crippen LogP contribution in [0.25, 0.3) is 23.0 Å². The number of nitrogens with zero attached hydrogens (tertiary/aromatic N) is 2. The maximum Gasteiger partial charge on any atom is 0.244 e. The van der Waals surface area contributed by atoms with Crippen LogP contribution in [-0.2, 0) is 4.79 Å². The minimum atomic E-state index is -0.300. The van der Waals surface area contributed by atoms with Gasteiger partial charge in [-0.15, -0.1) is 0 Å². The van der Waals surface area contributed by atoms with Crippen LogP contribution in [0, 0.1) is 5.82 Å². The van der Waals surface area contributed by atoms with Crippen LogP contribution >= 0.6 is 0 Å². The summed E-state index contributed by atoms with van der Waals surface area (Å²) < 4.78 is 15.0. The highest BCUT2D eigenvalue weighted by Gasteiger charge is 2.11. The van der Waals surface area contributed by atoms with Gasteiger partial charge in [0.25, 0.3) is 0 Å². The molecule has 0 bridgehead atoms. The van der Waals surface area contributed by atoms with Gasteiger partial charge in [0, 0.05) is 29.4 Å². The number of amides is 1. The molecule has 0 unspecified atom stereocenters. The molecule has 0 spiro atoms. The zero-order valence-corrected chi connectivity index (χ0v) is 15.4. The third-order valence-corrected chi connectivity index (χ3v) is 4.30. The topological polar surface area (TPSA) is 46.9 Å². The molecule has 0 saturated heterocycles. The average Bonchev–Trinajstić information content (AvgIpc) is 3.12. The van der Waals surface area contributed by atoms with Crippen LogP contribution in [0.2, 0.25) is 0 Å². The van der Waals surface area contributed by atoms with Gasteiger partial charge in [-0.1, -0.05) is 25.1 Å². The second-order valence-corrected chi connectivity index (χ2v) is 6.37. The molecule has 0 aliphatic rings. The summed E-state index contributed by atoms with van der Waals surface area (Å²) in [5, 5.41) is 7.55. The molecule has 2 aromatic carbocycles. The van der Waals surface area contributed by atoms with Gasteiger partial charge in [-0.2, -0.15) is 5.10 Å². The first-order chi connectivity index (χ1) is 13.1. The van der Waals surface area contributed by atoms with Gasteiger partial charge < -0.3 is 5.32 Å². The van der Waals surface area contributed by atoms with Gasteiger partial charge in [-0.25, -0.2) is 9.07 Å². The summed E-state index contributed by atoms with van der Waals surface area (Å²) in [6.07, 6.45) is 5.97. The molecule has 5 heteroatoms. The highest BCUT2D eigenvalue weighted by atomic mass is 19.1. The normalized spacial score (nSPS) is 12.3. The Hall–Kier alpha value is -3.21. The van der Waals surface area contributed by atoms with Gasteiger partial charge in [0.1, 0.15) is 5.82 Å². The van der Waals surface area contributed by atoms with Crippen LogP contribution in [0.1, 0.15) is 25.8 Å². The van der Waals surface area contributed by atoms with E-state index in [0.29, 0.717) is 5.69 Å². The lowest BCUT2D eigenvalue weighted by Gasteiger charge is -2.08. The molecule has 1 atom stereocenters. The number of benzene rings is 2. The second kappa shape index (κ2) is 8.45. The van der Waals surface area contributed by atoms with Crippen LogP contribution in [0.15, 0.2) is 66.9 Å². The van der Waals surface area contributed by atoms with E-state index in [0.717, 1.165) is 23.2 Å². The molecule has 27 heavy (non-hydrogen) atoms. The predicted molar refractivity (Wildman–Crippen MR) is 106 cm³/mol. The molecule has 138 valence electrons. The molecular formula is C22H22FN3O. The average molecular weight is 363 g/mol. The third kappa shape index (κ3) is 4.70. The first-order valence-electron chi connectivity index (χ1n) is 8.96. The van der Waals surface area contributed by atoms with Crippen molar-refractivity contribution in [2.75, 3.05) is 0 Å². The Morgan fingerprint density at radius 3 is 2.56 bits per heavy atom. The molecule has 1 aromatic heterocycles. The van der Waals surface area contributed by atoms with Crippen molar-refractivity contribution in [2.45, 2.75) is 26.3 Å². The molecular weight excluding hydrogens is 341 g/mol.